The lowest BCUT2D eigenvalue weighted by molar-refractivity contribution is 0.0696. The van der Waals surface area contributed by atoms with E-state index < -0.39 is 5.97 Å². The van der Waals surface area contributed by atoms with E-state index in [0.717, 1.165) is 18.4 Å². The average Bonchev–Trinajstić information content (AvgIpc) is 3.13. The zero-order valence-corrected chi connectivity index (χ0v) is 33.3. The molecule has 0 spiro atoms. The summed E-state index contributed by atoms with van der Waals surface area (Å²) in [6.45, 7) is 29.1. The molecule has 0 fully saturated rings. The Hall–Kier alpha value is -3.53. The largest absolute Gasteiger partial charge is 0.478 e. The summed E-state index contributed by atoms with van der Waals surface area (Å²) in [6.07, 6.45) is 23.6. The molecular weight excluding hydrogens is 593 g/mol. The van der Waals surface area contributed by atoms with Crippen molar-refractivity contribution >= 4 is 11.5 Å². The molecule has 0 unspecified atom stereocenters. The van der Waals surface area contributed by atoms with Crippen molar-refractivity contribution < 1.29 is 14.3 Å². The lowest BCUT2D eigenvalue weighted by Gasteiger charge is -2.04. The molecule has 1 N–H and O–H groups in total. The van der Waals surface area contributed by atoms with Gasteiger partial charge >= 0.3 is 5.97 Å². The predicted molar refractivity (Wildman–Crippen MR) is 214 cm³/mol. The lowest BCUT2D eigenvalue weighted by atomic mass is 10.0. The summed E-state index contributed by atoms with van der Waals surface area (Å²) in [7, 11) is 0. The number of aromatic nitrogens is 1. The fourth-order valence-electron chi connectivity index (χ4n) is 3.58. The molecule has 0 atom stereocenters. The summed E-state index contributed by atoms with van der Waals surface area (Å²) in [5, 5.41) is 8.72. The number of carboxylic acid groups (broad SMARTS) is 1. The maximum Gasteiger partial charge on any atom is 0.335 e. The van der Waals surface area contributed by atoms with Crippen LogP contribution in [0.2, 0.25) is 0 Å². The van der Waals surface area contributed by atoms with E-state index in [1.54, 1.807) is 6.07 Å². The highest BCUT2D eigenvalue weighted by Gasteiger charge is 2.04. The first kappa shape index (κ1) is 51.3. The zero-order chi connectivity index (χ0) is 37.8. The quantitative estimate of drug-likeness (QED) is 0.139. The van der Waals surface area contributed by atoms with Crippen molar-refractivity contribution in [1.82, 2.24) is 4.98 Å². The third-order valence-electron chi connectivity index (χ3n) is 7.08. The van der Waals surface area contributed by atoms with E-state index in [0.29, 0.717) is 5.69 Å². The highest BCUT2D eigenvalue weighted by molar-refractivity contribution is 5.88. The highest BCUT2D eigenvalue weighted by atomic mass is 19.1. The van der Waals surface area contributed by atoms with Crippen molar-refractivity contribution in [3.8, 4) is 0 Å². The molecule has 1 heterocycles. The Morgan fingerprint density at radius 1 is 0.812 bits per heavy atom. The van der Waals surface area contributed by atoms with Gasteiger partial charge in [0.05, 0.1) is 11.3 Å². The predicted octanol–water partition coefficient (Wildman–Crippen LogP) is 14.8. The minimum Gasteiger partial charge on any atom is -0.478 e. The summed E-state index contributed by atoms with van der Waals surface area (Å²) in [5.41, 5.74) is 7.68. The number of unbranched alkanes of at least 4 members (excludes halogenated alkanes) is 2. The average molecular weight is 666 g/mol. The van der Waals surface area contributed by atoms with Gasteiger partial charge in [-0.2, -0.15) is 0 Å². The van der Waals surface area contributed by atoms with Gasteiger partial charge in [-0.25, -0.2) is 9.18 Å². The Morgan fingerprint density at radius 2 is 1.42 bits per heavy atom. The minimum atomic E-state index is -0.924. The van der Waals surface area contributed by atoms with E-state index in [9.17, 15) is 9.18 Å². The van der Waals surface area contributed by atoms with Crippen LogP contribution >= 0.6 is 0 Å². The Labute approximate surface area is 296 Å². The second kappa shape index (κ2) is 37.9. The van der Waals surface area contributed by atoms with Crippen LogP contribution in [0.1, 0.15) is 163 Å². The number of rotatable bonds is 12. The maximum absolute atomic E-state index is 12.5. The monoisotopic (exact) mass is 666 g/mol. The number of hydrogen-bond donors (Lipinski definition) is 1. The first-order valence-electron chi connectivity index (χ1n) is 18.2. The van der Waals surface area contributed by atoms with Crippen molar-refractivity contribution in [2.75, 3.05) is 0 Å². The molecule has 1 aromatic heterocycles. The molecule has 0 saturated carbocycles. The van der Waals surface area contributed by atoms with Crippen molar-refractivity contribution in [2.45, 2.75) is 148 Å². The van der Waals surface area contributed by atoms with Gasteiger partial charge in [0.25, 0.3) is 0 Å². The van der Waals surface area contributed by atoms with Gasteiger partial charge in [-0.05, 0) is 115 Å². The van der Waals surface area contributed by atoms with E-state index in [4.69, 9.17) is 5.11 Å². The fourth-order valence-corrected chi connectivity index (χ4v) is 3.58. The molecule has 48 heavy (non-hydrogen) atoms. The Morgan fingerprint density at radius 3 is 1.83 bits per heavy atom. The van der Waals surface area contributed by atoms with Gasteiger partial charge in [-0.3, -0.25) is 4.98 Å². The number of carbonyl (C=O) groups is 1. The molecule has 272 valence electrons. The van der Waals surface area contributed by atoms with Gasteiger partial charge in [-0.15, -0.1) is 0 Å². The first-order chi connectivity index (χ1) is 23.0. The van der Waals surface area contributed by atoms with Crippen LogP contribution in [0.3, 0.4) is 0 Å². The molecule has 1 aromatic carbocycles. The second-order valence-electron chi connectivity index (χ2n) is 10.6. The molecule has 0 bridgehead atoms. The smallest absolute Gasteiger partial charge is 0.335 e. The number of aromatic carboxylic acids is 1. The van der Waals surface area contributed by atoms with Gasteiger partial charge < -0.3 is 5.11 Å². The maximum atomic E-state index is 12.5. The first-order valence-corrected chi connectivity index (χ1v) is 18.2. The van der Waals surface area contributed by atoms with E-state index in [1.165, 1.54) is 85.2 Å². The Bertz CT molecular complexity index is 1180. The summed E-state index contributed by atoms with van der Waals surface area (Å²) >= 11 is 0. The minimum absolute atomic E-state index is 0.144. The van der Waals surface area contributed by atoms with E-state index >= 15 is 0 Å². The summed E-state index contributed by atoms with van der Waals surface area (Å²) < 4.78 is 12.5. The van der Waals surface area contributed by atoms with Crippen LogP contribution < -0.4 is 0 Å². The number of halogens is 1. The van der Waals surface area contributed by atoms with Gasteiger partial charge in [0, 0.05) is 6.20 Å². The molecule has 0 aliphatic heterocycles. The highest BCUT2D eigenvalue weighted by Crippen LogP contribution is 2.15. The molecule has 0 saturated heterocycles. The van der Waals surface area contributed by atoms with Gasteiger partial charge in [0.1, 0.15) is 5.82 Å². The number of benzene rings is 1. The van der Waals surface area contributed by atoms with Crippen LogP contribution in [0.15, 0.2) is 95.8 Å². The molecule has 4 heteroatoms. The van der Waals surface area contributed by atoms with Crippen LogP contribution in [0.25, 0.3) is 5.57 Å². The summed E-state index contributed by atoms with van der Waals surface area (Å²) in [6, 6.07) is 9.84. The molecule has 0 aliphatic carbocycles. The Balaban J connectivity index is -0.000000266. The molecule has 0 radical (unpaired) electrons. The molecule has 0 amide bonds. The van der Waals surface area contributed by atoms with Gasteiger partial charge in [0.15, 0.2) is 0 Å². The van der Waals surface area contributed by atoms with Crippen molar-refractivity contribution in [3.63, 3.8) is 0 Å². The number of hydrogen-bond acceptors (Lipinski definition) is 2. The van der Waals surface area contributed by atoms with Crippen molar-refractivity contribution in [3.05, 3.63) is 118 Å². The topological polar surface area (TPSA) is 50.2 Å². The third-order valence-corrected chi connectivity index (χ3v) is 7.08. The zero-order valence-electron chi connectivity index (χ0n) is 33.3. The molecular formula is C44H72FNO2. The van der Waals surface area contributed by atoms with Crippen LogP contribution in [-0.2, 0) is 6.42 Å². The van der Waals surface area contributed by atoms with Gasteiger partial charge in [-0.1, -0.05) is 134 Å². The normalized spacial score (nSPS) is 11.2. The van der Waals surface area contributed by atoms with Crippen LogP contribution in [0.5, 0.6) is 0 Å². The van der Waals surface area contributed by atoms with E-state index in [1.807, 2.05) is 66.7 Å². The molecule has 0 aliphatic rings. The number of aryl methyl sites for hydroxylation is 1. The number of nitrogens with zero attached hydrogens (tertiary/aromatic N) is 1. The van der Waals surface area contributed by atoms with E-state index in [-0.39, 0.29) is 11.4 Å². The number of carboxylic acids is 1. The summed E-state index contributed by atoms with van der Waals surface area (Å²) in [5.74, 6) is -1.07. The standard InChI is InChI=1S/C13H22.C11H15F.C10H11NO2.C6H12.2C2H6/c1-5-8-9-11-13(10-6-2)12(4)7-3;1-2-3-4-5-10-6-8-11(12)9-7-10;1-3-7(2)9-6-8(10(12)13)4-5-11-9;1-4-6(3)5-2;2*1-2/h5,8-9,11H,6-7,10H2,1-4H3;6-9H,2-5H2,1H3;3-6H,1-2H3,(H,12,13);4H,5H2,1-3H3;2*1-2H3/b8-5-,11-9-,13-12?;;;6-4+;;. The third kappa shape index (κ3) is 29.8. The van der Waals surface area contributed by atoms with Crippen molar-refractivity contribution in [2.24, 2.45) is 0 Å². The number of allylic oxidation sites excluding steroid dienone is 10. The molecule has 2 aromatic rings. The Kier molecular flexibility index (Phi) is 40.5. The van der Waals surface area contributed by atoms with Crippen LogP contribution in [-0.4, -0.2) is 16.1 Å². The van der Waals surface area contributed by atoms with Crippen LogP contribution in [0, 0.1) is 5.82 Å². The van der Waals surface area contributed by atoms with E-state index in [2.05, 4.69) is 83.8 Å². The van der Waals surface area contributed by atoms with Crippen LogP contribution in [0.4, 0.5) is 4.39 Å². The number of pyridine rings is 1. The van der Waals surface area contributed by atoms with Gasteiger partial charge in [0.2, 0.25) is 0 Å². The second-order valence-corrected chi connectivity index (χ2v) is 10.6. The SMILES string of the molecule is C/C=C(\C)CC.C/C=C\C=C/C(CCC)=C(C)CC.CC.CC.CC=C(C)c1cc(C(=O)O)ccn1.CCCCCc1ccc(F)cc1. The molecule has 3 nitrogen and oxygen atoms in total. The fraction of sp³-hybridized carbons (Fsp3) is 0.500. The molecule has 2 rings (SSSR count). The van der Waals surface area contributed by atoms with Crippen molar-refractivity contribution in [1.29, 1.82) is 0 Å². The lowest BCUT2D eigenvalue weighted by Crippen LogP contribution is -1.98. The summed E-state index contributed by atoms with van der Waals surface area (Å²) in [4.78, 5) is 14.7.